The van der Waals surface area contributed by atoms with Gasteiger partial charge in [0, 0.05) is 6.42 Å². The molecule has 12 heavy (non-hydrogen) atoms. The lowest BCUT2D eigenvalue weighted by Gasteiger charge is -2.01. The van der Waals surface area contributed by atoms with Gasteiger partial charge in [0.1, 0.15) is 11.9 Å². The summed E-state index contributed by atoms with van der Waals surface area (Å²) in [6, 6.07) is 6.20. The molecule has 0 aliphatic carbocycles. The smallest absolute Gasteiger partial charge is 0.123 e. The van der Waals surface area contributed by atoms with E-state index < -0.39 is 0 Å². The molecular formula is C11H12O. The Kier molecular flexibility index (Phi) is 1.65. The molecule has 1 heteroatoms. The van der Waals surface area contributed by atoms with Crippen molar-refractivity contribution in [3.63, 3.8) is 0 Å². The third-order valence-corrected chi connectivity index (χ3v) is 2.16. The number of hydrogen-bond acceptors (Lipinski definition) is 1. The van der Waals surface area contributed by atoms with Crippen molar-refractivity contribution in [2.75, 3.05) is 0 Å². The molecule has 2 rings (SSSR count). The van der Waals surface area contributed by atoms with E-state index in [-0.39, 0.29) is 0 Å². The first-order valence-electron chi connectivity index (χ1n) is 4.21. The molecule has 0 bridgehead atoms. The van der Waals surface area contributed by atoms with E-state index in [0.29, 0.717) is 6.10 Å². The lowest BCUT2D eigenvalue weighted by Crippen LogP contribution is -2.05. The Morgan fingerprint density at radius 2 is 2.42 bits per heavy atom. The summed E-state index contributed by atoms with van der Waals surface area (Å²) in [6.45, 7) is 5.83. The van der Waals surface area contributed by atoms with Gasteiger partial charge in [-0.3, -0.25) is 0 Å². The number of fused-ring (bicyclic) bond motifs is 1. The molecule has 0 aromatic heterocycles. The highest BCUT2D eigenvalue weighted by atomic mass is 16.5. The maximum atomic E-state index is 5.57. The number of ether oxygens (including phenoxy) is 1. The maximum Gasteiger partial charge on any atom is 0.123 e. The van der Waals surface area contributed by atoms with Crippen molar-refractivity contribution >= 4 is 6.08 Å². The first-order valence-corrected chi connectivity index (χ1v) is 4.21. The van der Waals surface area contributed by atoms with E-state index in [0.717, 1.165) is 12.2 Å². The lowest BCUT2D eigenvalue weighted by molar-refractivity contribution is 0.254. The van der Waals surface area contributed by atoms with Crippen LogP contribution in [0.4, 0.5) is 0 Å². The van der Waals surface area contributed by atoms with Crippen LogP contribution in [0, 0.1) is 0 Å². The van der Waals surface area contributed by atoms with Crippen LogP contribution in [0.2, 0.25) is 0 Å². The minimum absolute atomic E-state index is 0.333. The fourth-order valence-corrected chi connectivity index (χ4v) is 1.57. The first-order chi connectivity index (χ1) is 5.79. The summed E-state index contributed by atoms with van der Waals surface area (Å²) < 4.78 is 5.57. The highest BCUT2D eigenvalue weighted by Crippen LogP contribution is 2.29. The van der Waals surface area contributed by atoms with Gasteiger partial charge in [-0.1, -0.05) is 18.7 Å². The van der Waals surface area contributed by atoms with Crippen molar-refractivity contribution < 1.29 is 4.74 Å². The van der Waals surface area contributed by atoms with Gasteiger partial charge in [-0.15, -0.1) is 0 Å². The number of benzene rings is 1. The van der Waals surface area contributed by atoms with Gasteiger partial charge < -0.3 is 4.74 Å². The van der Waals surface area contributed by atoms with Gasteiger partial charge in [-0.05, 0) is 30.2 Å². The van der Waals surface area contributed by atoms with Gasteiger partial charge in [0.2, 0.25) is 0 Å². The molecule has 1 aromatic rings. The highest BCUT2D eigenvalue weighted by molar-refractivity contribution is 5.52. The Balaban J connectivity index is 2.41. The summed E-state index contributed by atoms with van der Waals surface area (Å²) >= 11 is 0. The second-order valence-corrected chi connectivity index (χ2v) is 3.20. The molecule has 62 valence electrons. The van der Waals surface area contributed by atoms with E-state index in [4.69, 9.17) is 4.74 Å². The van der Waals surface area contributed by atoms with Gasteiger partial charge >= 0.3 is 0 Å². The first kappa shape index (κ1) is 7.41. The van der Waals surface area contributed by atoms with Crippen LogP contribution in [0.5, 0.6) is 5.75 Å². The third-order valence-electron chi connectivity index (χ3n) is 2.16. The van der Waals surface area contributed by atoms with Gasteiger partial charge in [0.25, 0.3) is 0 Å². The van der Waals surface area contributed by atoms with Crippen molar-refractivity contribution in [3.05, 3.63) is 35.9 Å². The van der Waals surface area contributed by atoms with Crippen molar-refractivity contribution in [2.45, 2.75) is 19.4 Å². The number of hydrogen-bond donors (Lipinski definition) is 0. The Morgan fingerprint density at radius 1 is 1.58 bits per heavy atom. The van der Waals surface area contributed by atoms with E-state index in [1.807, 2.05) is 18.2 Å². The van der Waals surface area contributed by atoms with E-state index in [1.54, 1.807) is 0 Å². The van der Waals surface area contributed by atoms with Crippen LogP contribution >= 0.6 is 0 Å². The van der Waals surface area contributed by atoms with Gasteiger partial charge in [-0.2, -0.15) is 0 Å². The topological polar surface area (TPSA) is 9.23 Å². The standard InChI is InChI=1S/C11H12O/c1-3-9-4-5-11-10(7-9)6-8(2)12-11/h3-5,7-8H,1,6H2,2H3. The monoisotopic (exact) mass is 160 g/mol. The molecule has 1 heterocycles. The third kappa shape index (κ3) is 1.11. The van der Waals surface area contributed by atoms with E-state index in [9.17, 15) is 0 Å². The van der Waals surface area contributed by atoms with Crippen molar-refractivity contribution in [1.29, 1.82) is 0 Å². The molecule has 1 atom stereocenters. The van der Waals surface area contributed by atoms with Crippen LogP contribution < -0.4 is 4.74 Å². The zero-order chi connectivity index (χ0) is 8.55. The van der Waals surface area contributed by atoms with Gasteiger partial charge in [0.05, 0.1) is 0 Å². The Bertz CT molecular complexity index is 315. The molecule has 0 N–H and O–H groups in total. The SMILES string of the molecule is C=Cc1ccc2c(c1)CC(C)O2. The van der Waals surface area contributed by atoms with Crippen molar-refractivity contribution in [1.82, 2.24) is 0 Å². The molecule has 0 amide bonds. The van der Waals surface area contributed by atoms with Crippen molar-refractivity contribution in [3.8, 4) is 5.75 Å². The number of rotatable bonds is 1. The van der Waals surface area contributed by atoms with Gasteiger partial charge in [-0.25, -0.2) is 0 Å². The van der Waals surface area contributed by atoms with Crippen LogP contribution in [-0.4, -0.2) is 6.10 Å². The minimum Gasteiger partial charge on any atom is -0.490 e. The molecule has 1 aromatic carbocycles. The van der Waals surface area contributed by atoms with Crippen LogP contribution in [0.3, 0.4) is 0 Å². The zero-order valence-electron chi connectivity index (χ0n) is 7.21. The Hall–Kier alpha value is -1.24. The normalized spacial score (nSPS) is 19.9. The van der Waals surface area contributed by atoms with Gasteiger partial charge in [0.15, 0.2) is 0 Å². The molecule has 1 unspecified atom stereocenters. The average molecular weight is 160 g/mol. The fourth-order valence-electron chi connectivity index (χ4n) is 1.57. The second kappa shape index (κ2) is 2.67. The lowest BCUT2D eigenvalue weighted by atomic mass is 10.1. The Morgan fingerprint density at radius 3 is 3.17 bits per heavy atom. The average Bonchev–Trinajstić information content (AvgIpc) is 2.43. The summed E-state index contributed by atoms with van der Waals surface area (Å²) in [5.41, 5.74) is 2.48. The fraction of sp³-hybridized carbons (Fsp3) is 0.273. The quantitative estimate of drug-likeness (QED) is 0.613. The molecule has 1 aliphatic rings. The molecule has 0 fully saturated rings. The Labute approximate surface area is 72.7 Å². The maximum absolute atomic E-state index is 5.57. The van der Waals surface area contributed by atoms with Crippen LogP contribution in [-0.2, 0) is 6.42 Å². The molecular weight excluding hydrogens is 148 g/mol. The molecule has 1 aliphatic heterocycles. The summed E-state index contributed by atoms with van der Waals surface area (Å²) in [6.07, 6.45) is 3.22. The minimum atomic E-state index is 0.333. The summed E-state index contributed by atoms with van der Waals surface area (Å²) in [5, 5.41) is 0. The molecule has 0 spiro atoms. The molecule has 0 radical (unpaired) electrons. The second-order valence-electron chi connectivity index (χ2n) is 3.20. The van der Waals surface area contributed by atoms with Crippen molar-refractivity contribution in [2.24, 2.45) is 0 Å². The molecule has 0 saturated carbocycles. The van der Waals surface area contributed by atoms with E-state index in [1.165, 1.54) is 11.1 Å². The predicted octanol–water partition coefficient (Wildman–Crippen LogP) is 2.65. The van der Waals surface area contributed by atoms with E-state index in [2.05, 4.69) is 19.6 Å². The van der Waals surface area contributed by atoms with Crippen LogP contribution in [0.1, 0.15) is 18.1 Å². The largest absolute Gasteiger partial charge is 0.490 e. The van der Waals surface area contributed by atoms with Crippen LogP contribution in [0.25, 0.3) is 6.08 Å². The molecule has 1 nitrogen and oxygen atoms in total. The summed E-state index contributed by atoms with van der Waals surface area (Å²) in [7, 11) is 0. The molecule has 0 saturated heterocycles. The van der Waals surface area contributed by atoms with E-state index >= 15 is 0 Å². The summed E-state index contributed by atoms with van der Waals surface area (Å²) in [4.78, 5) is 0. The zero-order valence-corrected chi connectivity index (χ0v) is 7.21. The summed E-state index contributed by atoms with van der Waals surface area (Å²) in [5.74, 6) is 1.04. The van der Waals surface area contributed by atoms with Crippen LogP contribution in [0.15, 0.2) is 24.8 Å². The predicted molar refractivity (Wildman–Crippen MR) is 50.3 cm³/mol. The highest BCUT2D eigenvalue weighted by Gasteiger charge is 2.17.